The van der Waals surface area contributed by atoms with Crippen molar-refractivity contribution in [2.24, 2.45) is 0 Å². The Morgan fingerprint density at radius 2 is 2.14 bits per heavy atom. The summed E-state index contributed by atoms with van der Waals surface area (Å²) in [6, 6.07) is 5.20. The Morgan fingerprint density at radius 3 is 2.81 bits per heavy atom. The van der Waals surface area contributed by atoms with Crippen LogP contribution in [0, 0.1) is 0 Å². The monoisotopic (exact) mass is 329 g/mol. The van der Waals surface area contributed by atoms with E-state index in [4.69, 9.17) is 16.3 Å². The Balaban J connectivity index is 1.89. The van der Waals surface area contributed by atoms with Gasteiger partial charge in [-0.05, 0) is 36.6 Å². The molecule has 1 aliphatic rings. The van der Waals surface area contributed by atoms with Gasteiger partial charge in [0.1, 0.15) is 6.61 Å². The summed E-state index contributed by atoms with van der Waals surface area (Å²) in [4.78, 5) is 11.9. The van der Waals surface area contributed by atoms with Crippen molar-refractivity contribution in [2.45, 2.75) is 37.5 Å². The van der Waals surface area contributed by atoms with Crippen molar-refractivity contribution in [1.29, 1.82) is 0 Å². The van der Waals surface area contributed by atoms with Crippen molar-refractivity contribution in [3.05, 3.63) is 28.8 Å². The van der Waals surface area contributed by atoms with Gasteiger partial charge >= 0.3 is 0 Å². The molecule has 1 saturated carbocycles. The van der Waals surface area contributed by atoms with Crippen LogP contribution in [0.25, 0.3) is 0 Å². The number of carbonyl (C=O) groups excluding carboxylic acids is 1. The summed E-state index contributed by atoms with van der Waals surface area (Å²) < 4.78 is 16.9. The molecule has 1 fully saturated rings. The fourth-order valence-electron chi connectivity index (χ4n) is 2.43. The van der Waals surface area contributed by atoms with Crippen LogP contribution in [0.15, 0.2) is 18.2 Å². The maximum Gasteiger partial charge on any atom is 0.250 e. The van der Waals surface area contributed by atoms with Crippen LogP contribution in [0.4, 0.5) is 5.69 Å². The molecule has 1 atom stereocenters. The fourth-order valence-corrected chi connectivity index (χ4v) is 3.37. The minimum atomic E-state index is -0.975. The SMILES string of the molecule is C[S@](=O)Cc1cc(NC(=O)COC2CCCC2)ccc1Cl. The second kappa shape index (κ2) is 7.92. The second-order valence-electron chi connectivity index (χ2n) is 5.29. The maximum atomic E-state index is 11.9. The lowest BCUT2D eigenvalue weighted by atomic mass is 10.2. The summed E-state index contributed by atoms with van der Waals surface area (Å²) in [5, 5.41) is 3.35. The Bertz CT molecular complexity index is 530. The molecule has 0 aromatic heterocycles. The van der Waals surface area contributed by atoms with E-state index in [-0.39, 0.29) is 18.6 Å². The number of ether oxygens (including phenoxy) is 1. The molecule has 1 aliphatic carbocycles. The Morgan fingerprint density at radius 1 is 1.43 bits per heavy atom. The molecule has 0 aliphatic heterocycles. The van der Waals surface area contributed by atoms with E-state index in [0.29, 0.717) is 16.5 Å². The predicted molar refractivity (Wildman–Crippen MR) is 86.1 cm³/mol. The first kappa shape index (κ1) is 16.5. The third-order valence-electron chi connectivity index (χ3n) is 3.44. The molecular formula is C15H20ClNO3S. The molecule has 116 valence electrons. The van der Waals surface area contributed by atoms with Crippen molar-refractivity contribution >= 4 is 34.0 Å². The van der Waals surface area contributed by atoms with Crippen molar-refractivity contribution in [3.63, 3.8) is 0 Å². The summed E-state index contributed by atoms with van der Waals surface area (Å²) in [7, 11) is -0.975. The second-order valence-corrected chi connectivity index (χ2v) is 7.13. The Kier molecular flexibility index (Phi) is 6.21. The van der Waals surface area contributed by atoms with Gasteiger partial charge in [0.2, 0.25) is 5.91 Å². The fraction of sp³-hybridized carbons (Fsp3) is 0.533. The van der Waals surface area contributed by atoms with Gasteiger partial charge in [-0.25, -0.2) is 0 Å². The maximum absolute atomic E-state index is 11.9. The zero-order valence-corrected chi connectivity index (χ0v) is 13.6. The van der Waals surface area contributed by atoms with Crippen LogP contribution in [-0.4, -0.2) is 29.1 Å². The van der Waals surface area contributed by atoms with Crippen LogP contribution in [0.1, 0.15) is 31.2 Å². The van der Waals surface area contributed by atoms with Gasteiger partial charge in [-0.2, -0.15) is 0 Å². The van der Waals surface area contributed by atoms with Gasteiger partial charge < -0.3 is 10.1 Å². The van der Waals surface area contributed by atoms with Crippen molar-refractivity contribution in [3.8, 4) is 0 Å². The average Bonchev–Trinajstić information content (AvgIpc) is 2.93. The number of benzene rings is 1. The third kappa shape index (κ3) is 5.41. The van der Waals surface area contributed by atoms with E-state index in [0.717, 1.165) is 18.4 Å². The molecule has 0 unspecified atom stereocenters. The van der Waals surface area contributed by atoms with Crippen LogP contribution < -0.4 is 5.32 Å². The van der Waals surface area contributed by atoms with E-state index in [1.807, 2.05) is 0 Å². The van der Waals surface area contributed by atoms with Gasteiger partial charge in [0.05, 0.1) is 6.10 Å². The number of hydrogen-bond donors (Lipinski definition) is 1. The molecule has 0 spiro atoms. The number of nitrogens with one attached hydrogen (secondary N) is 1. The normalized spacial score (nSPS) is 16.9. The molecule has 21 heavy (non-hydrogen) atoms. The lowest BCUT2D eigenvalue weighted by Gasteiger charge is -2.12. The zero-order chi connectivity index (χ0) is 15.2. The molecular weight excluding hydrogens is 310 g/mol. The quantitative estimate of drug-likeness (QED) is 0.872. The molecule has 0 bridgehead atoms. The van der Waals surface area contributed by atoms with Gasteiger partial charge in [0.15, 0.2) is 0 Å². The molecule has 2 rings (SSSR count). The Hall–Kier alpha value is -0.910. The third-order valence-corrected chi connectivity index (χ3v) is 4.53. The van der Waals surface area contributed by atoms with Gasteiger partial charge in [0, 0.05) is 33.5 Å². The van der Waals surface area contributed by atoms with Crippen LogP contribution in [0.3, 0.4) is 0 Å². The molecule has 4 nitrogen and oxygen atoms in total. The van der Waals surface area contributed by atoms with Crippen LogP contribution in [-0.2, 0) is 26.1 Å². The molecule has 1 aromatic carbocycles. The van der Waals surface area contributed by atoms with Gasteiger partial charge in [-0.3, -0.25) is 9.00 Å². The van der Waals surface area contributed by atoms with Crippen LogP contribution >= 0.6 is 11.6 Å². The molecule has 6 heteroatoms. The Labute approximate surface area is 132 Å². The molecule has 1 amide bonds. The van der Waals surface area contributed by atoms with E-state index < -0.39 is 10.8 Å². The van der Waals surface area contributed by atoms with E-state index in [9.17, 15) is 9.00 Å². The highest BCUT2D eigenvalue weighted by atomic mass is 35.5. The number of carbonyl (C=O) groups is 1. The highest BCUT2D eigenvalue weighted by Crippen LogP contribution is 2.23. The van der Waals surface area contributed by atoms with Crippen LogP contribution in [0.2, 0.25) is 5.02 Å². The van der Waals surface area contributed by atoms with E-state index in [2.05, 4.69) is 5.32 Å². The van der Waals surface area contributed by atoms with Gasteiger partial charge in [0.25, 0.3) is 0 Å². The molecule has 0 heterocycles. The highest BCUT2D eigenvalue weighted by Gasteiger charge is 2.16. The van der Waals surface area contributed by atoms with Crippen molar-refractivity contribution in [1.82, 2.24) is 0 Å². The average molecular weight is 330 g/mol. The smallest absolute Gasteiger partial charge is 0.250 e. The molecule has 0 saturated heterocycles. The number of rotatable bonds is 6. The lowest BCUT2D eigenvalue weighted by Crippen LogP contribution is -2.22. The van der Waals surface area contributed by atoms with E-state index in [1.54, 1.807) is 24.5 Å². The van der Waals surface area contributed by atoms with E-state index in [1.165, 1.54) is 12.8 Å². The summed E-state index contributed by atoms with van der Waals surface area (Å²) in [5.41, 5.74) is 1.42. The summed E-state index contributed by atoms with van der Waals surface area (Å²) in [6.45, 7) is 0.0718. The standard InChI is InChI=1S/C15H20ClNO3S/c1-21(19)10-11-8-12(6-7-14(11)16)17-15(18)9-20-13-4-2-3-5-13/h6-8,13H,2-5,9-10H2,1H3,(H,17,18)/t21-/m0/s1. The predicted octanol–water partition coefficient (Wildman–Crippen LogP) is 3.12. The van der Waals surface area contributed by atoms with Crippen molar-refractivity contribution < 1.29 is 13.7 Å². The molecule has 1 aromatic rings. The largest absolute Gasteiger partial charge is 0.368 e. The van der Waals surface area contributed by atoms with Gasteiger partial charge in [-0.1, -0.05) is 24.4 Å². The zero-order valence-electron chi connectivity index (χ0n) is 12.1. The first-order valence-corrected chi connectivity index (χ1v) is 9.15. The summed E-state index contributed by atoms with van der Waals surface area (Å²) in [5.74, 6) is 0.203. The number of anilines is 1. The van der Waals surface area contributed by atoms with Crippen molar-refractivity contribution in [2.75, 3.05) is 18.2 Å². The van der Waals surface area contributed by atoms with Crippen LogP contribution in [0.5, 0.6) is 0 Å². The summed E-state index contributed by atoms with van der Waals surface area (Å²) >= 11 is 6.05. The minimum absolute atomic E-state index is 0.0718. The lowest BCUT2D eigenvalue weighted by molar-refractivity contribution is -0.122. The molecule has 1 N–H and O–H groups in total. The number of hydrogen-bond acceptors (Lipinski definition) is 3. The first-order valence-electron chi connectivity index (χ1n) is 7.04. The summed E-state index contributed by atoms with van der Waals surface area (Å²) in [6.07, 6.45) is 6.29. The first-order chi connectivity index (χ1) is 10.0. The topological polar surface area (TPSA) is 55.4 Å². The molecule has 0 radical (unpaired) electrons. The number of amides is 1. The van der Waals surface area contributed by atoms with E-state index >= 15 is 0 Å². The van der Waals surface area contributed by atoms with Gasteiger partial charge in [-0.15, -0.1) is 0 Å². The highest BCUT2D eigenvalue weighted by molar-refractivity contribution is 7.83. The number of halogens is 1. The minimum Gasteiger partial charge on any atom is -0.368 e.